The van der Waals surface area contributed by atoms with Crippen LogP contribution in [0.1, 0.15) is 25.3 Å². The quantitative estimate of drug-likeness (QED) is 0.887. The van der Waals surface area contributed by atoms with Gasteiger partial charge < -0.3 is 5.73 Å². The third-order valence-electron chi connectivity index (χ3n) is 3.53. The van der Waals surface area contributed by atoms with Crippen LogP contribution in [0.3, 0.4) is 0 Å². The Labute approximate surface area is 105 Å². The molecule has 0 spiro atoms. The van der Waals surface area contributed by atoms with E-state index in [1.807, 2.05) is 30.1 Å². The summed E-state index contributed by atoms with van der Waals surface area (Å²) in [5.41, 5.74) is 7.88. The van der Waals surface area contributed by atoms with Crippen LogP contribution in [0.2, 0.25) is 0 Å². The lowest BCUT2D eigenvalue weighted by Gasteiger charge is -2.20. The van der Waals surface area contributed by atoms with E-state index in [4.69, 9.17) is 5.73 Å². The van der Waals surface area contributed by atoms with Crippen LogP contribution >= 0.6 is 11.8 Å². The molecule has 2 atom stereocenters. The Kier molecular flexibility index (Phi) is 2.70. The predicted molar refractivity (Wildman–Crippen MR) is 72.1 cm³/mol. The summed E-state index contributed by atoms with van der Waals surface area (Å²) >= 11 is 1.92. The van der Waals surface area contributed by atoms with E-state index < -0.39 is 0 Å². The van der Waals surface area contributed by atoms with Gasteiger partial charge in [-0.1, -0.05) is 6.42 Å². The maximum Gasteiger partial charge on any atom is 0.202 e. The summed E-state index contributed by atoms with van der Waals surface area (Å²) in [7, 11) is 0. The summed E-state index contributed by atoms with van der Waals surface area (Å²) in [6.45, 7) is 0. The number of aromatic nitrogens is 3. The molecule has 1 aliphatic rings. The van der Waals surface area contributed by atoms with E-state index in [1.54, 1.807) is 0 Å². The molecule has 17 heavy (non-hydrogen) atoms. The number of fused-ring (bicyclic) bond motifs is 1. The van der Waals surface area contributed by atoms with Gasteiger partial charge in [0, 0.05) is 11.4 Å². The summed E-state index contributed by atoms with van der Waals surface area (Å²) in [6.07, 6.45) is 7.69. The Hall–Kier alpha value is -1.23. The molecule has 3 rings (SSSR count). The summed E-state index contributed by atoms with van der Waals surface area (Å²) in [6, 6.07) is 4.32. The molecule has 2 aromatic heterocycles. The van der Waals surface area contributed by atoms with E-state index in [0.29, 0.717) is 17.2 Å². The lowest BCUT2D eigenvalue weighted by molar-refractivity contribution is 0.546. The number of pyridine rings is 1. The molecule has 0 saturated heterocycles. The van der Waals surface area contributed by atoms with Crippen molar-refractivity contribution in [1.82, 2.24) is 14.5 Å². The maximum absolute atomic E-state index is 6.05. The second kappa shape index (κ2) is 4.22. The Morgan fingerprint density at radius 2 is 2.35 bits per heavy atom. The molecule has 1 fully saturated rings. The first-order valence-corrected chi connectivity index (χ1v) is 7.21. The highest BCUT2D eigenvalue weighted by Gasteiger charge is 2.30. The normalized spacial score (nSPS) is 24.5. The second-order valence-corrected chi connectivity index (χ2v) is 5.54. The van der Waals surface area contributed by atoms with Crippen molar-refractivity contribution in [3.05, 3.63) is 18.3 Å². The molecule has 2 heterocycles. The lowest BCUT2D eigenvalue weighted by atomic mass is 10.2. The summed E-state index contributed by atoms with van der Waals surface area (Å²) in [5, 5.41) is 0.636. The fraction of sp³-hybridized carbons (Fsp3) is 0.500. The molecule has 0 bridgehead atoms. The number of thioether (sulfide) groups is 1. The smallest absolute Gasteiger partial charge is 0.202 e. The SMILES string of the molecule is CSC1CCCC1n1c(N)nc2cccnc21. The zero-order chi connectivity index (χ0) is 11.8. The fourth-order valence-corrected chi connectivity index (χ4v) is 3.73. The minimum absolute atomic E-state index is 0.449. The number of hydrogen-bond acceptors (Lipinski definition) is 4. The van der Waals surface area contributed by atoms with Crippen LogP contribution in [-0.4, -0.2) is 26.0 Å². The van der Waals surface area contributed by atoms with Crippen molar-refractivity contribution in [1.29, 1.82) is 0 Å². The molecule has 0 aromatic carbocycles. The first-order chi connectivity index (χ1) is 8.31. The third-order valence-corrected chi connectivity index (χ3v) is 4.68. The zero-order valence-corrected chi connectivity index (χ0v) is 10.7. The van der Waals surface area contributed by atoms with Crippen molar-refractivity contribution in [2.24, 2.45) is 0 Å². The number of nitrogen functional groups attached to an aromatic ring is 1. The molecule has 1 aliphatic carbocycles. The van der Waals surface area contributed by atoms with Crippen LogP contribution < -0.4 is 5.73 Å². The average molecular weight is 248 g/mol. The Bertz CT molecular complexity index is 536. The Balaban J connectivity index is 2.13. The van der Waals surface area contributed by atoms with Gasteiger partial charge in [0.25, 0.3) is 0 Å². The van der Waals surface area contributed by atoms with Crippen molar-refractivity contribution >= 4 is 28.9 Å². The van der Waals surface area contributed by atoms with Gasteiger partial charge >= 0.3 is 0 Å². The number of nitrogens with two attached hydrogens (primary N) is 1. The molecule has 0 radical (unpaired) electrons. The highest BCUT2D eigenvalue weighted by molar-refractivity contribution is 7.99. The van der Waals surface area contributed by atoms with E-state index in [0.717, 1.165) is 11.2 Å². The van der Waals surface area contributed by atoms with Crippen molar-refractivity contribution in [3.8, 4) is 0 Å². The Morgan fingerprint density at radius 1 is 1.47 bits per heavy atom. The largest absolute Gasteiger partial charge is 0.369 e. The standard InChI is InChI=1S/C12H16N4S/c1-17-10-6-2-5-9(10)16-11-8(15-12(16)13)4-3-7-14-11/h3-4,7,9-10H,2,5-6H2,1H3,(H2,13,15). The molecule has 5 heteroatoms. The number of nitrogens with zero attached hydrogens (tertiary/aromatic N) is 3. The molecule has 90 valence electrons. The van der Waals surface area contributed by atoms with Crippen LogP contribution in [0, 0.1) is 0 Å². The number of imidazole rings is 1. The molecule has 2 unspecified atom stereocenters. The van der Waals surface area contributed by atoms with Crippen LogP contribution in [0.4, 0.5) is 5.95 Å². The molecular weight excluding hydrogens is 232 g/mol. The van der Waals surface area contributed by atoms with Gasteiger partial charge in [-0.25, -0.2) is 9.97 Å². The minimum atomic E-state index is 0.449. The third kappa shape index (κ3) is 1.69. The van der Waals surface area contributed by atoms with Gasteiger partial charge in [-0.2, -0.15) is 11.8 Å². The highest BCUT2D eigenvalue weighted by atomic mass is 32.2. The summed E-state index contributed by atoms with van der Waals surface area (Å²) in [4.78, 5) is 8.82. The lowest BCUT2D eigenvalue weighted by Crippen LogP contribution is -2.18. The topological polar surface area (TPSA) is 56.7 Å². The molecule has 4 nitrogen and oxygen atoms in total. The van der Waals surface area contributed by atoms with Crippen molar-refractivity contribution < 1.29 is 0 Å². The van der Waals surface area contributed by atoms with Gasteiger partial charge in [-0.05, 0) is 31.2 Å². The van der Waals surface area contributed by atoms with Crippen LogP contribution in [-0.2, 0) is 0 Å². The fourth-order valence-electron chi connectivity index (χ4n) is 2.75. The van der Waals surface area contributed by atoms with E-state index in [9.17, 15) is 0 Å². The van der Waals surface area contributed by atoms with Gasteiger partial charge in [0.05, 0.1) is 6.04 Å². The predicted octanol–water partition coefficient (Wildman–Crippen LogP) is 2.47. The molecule has 2 aromatic rings. The number of anilines is 1. The molecule has 0 amide bonds. The average Bonchev–Trinajstić information content (AvgIpc) is 2.90. The molecule has 2 N–H and O–H groups in total. The van der Waals surface area contributed by atoms with Crippen molar-refractivity contribution in [3.63, 3.8) is 0 Å². The summed E-state index contributed by atoms with van der Waals surface area (Å²) in [5.74, 6) is 0.602. The van der Waals surface area contributed by atoms with E-state index in [-0.39, 0.29) is 0 Å². The molecular formula is C12H16N4S. The van der Waals surface area contributed by atoms with Crippen LogP contribution in [0.15, 0.2) is 18.3 Å². The monoisotopic (exact) mass is 248 g/mol. The first-order valence-electron chi connectivity index (χ1n) is 5.92. The van der Waals surface area contributed by atoms with Crippen LogP contribution in [0.5, 0.6) is 0 Å². The van der Waals surface area contributed by atoms with Crippen LogP contribution in [0.25, 0.3) is 11.2 Å². The van der Waals surface area contributed by atoms with Gasteiger partial charge in [-0.3, -0.25) is 4.57 Å². The van der Waals surface area contributed by atoms with E-state index in [1.165, 1.54) is 19.3 Å². The first kappa shape index (κ1) is 10.9. The van der Waals surface area contributed by atoms with Gasteiger partial charge in [-0.15, -0.1) is 0 Å². The van der Waals surface area contributed by atoms with Gasteiger partial charge in [0.1, 0.15) is 5.52 Å². The molecule has 1 saturated carbocycles. The van der Waals surface area contributed by atoms with E-state index in [2.05, 4.69) is 20.8 Å². The van der Waals surface area contributed by atoms with Gasteiger partial charge in [0.2, 0.25) is 5.95 Å². The van der Waals surface area contributed by atoms with E-state index >= 15 is 0 Å². The Morgan fingerprint density at radius 3 is 3.18 bits per heavy atom. The second-order valence-electron chi connectivity index (χ2n) is 4.46. The van der Waals surface area contributed by atoms with Gasteiger partial charge in [0.15, 0.2) is 5.65 Å². The van der Waals surface area contributed by atoms with Crippen molar-refractivity contribution in [2.45, 2.75) is 30.6 Å². The maximum atomic E-state index is 6.05. The highest BCUT2D eigenvalue weighted by Crippen LogP contribution is 2.39. The minimum Gasteiger partial charge on any atom is -0.369 e. The number of rotatable bonds is 2. The number of hydrogen-bond donors (Lipinski definition) is 1. The van der Waals surface area contributed by atoms with Crippen molar-refractivity contribution in [2.75, 3.05) is 12.0 Å². The zero-order valence-electron chi connectivity index (χ0n) is 9.84. The molecule has 0 aliphatic heterocycles. The summed E-state index contributed by atoms with van der Waals surface area (Å²) < 4.78 is 2.13.